The van der Waals surface area contributed by atoms with Crippen molar-refractivity contribution in [2.45, 2.75) is 52.2 Å². The van der Waals surface area contributed by atoms with Gasteiger partial charge in [-0.3, -0.25) is 4.90 Å². The predicted molar refractivity (Wildman–Crippen MR) is 77.0 cm³/mol. The molecule has 19 heavy (non-hydrogen) atoms. The maximum Gasteiger partial charge on any atom is 0.160 e. The molecule has 0 saturated carbocycles. The number of rotatable bonds is 3. The average Bonchev–Trinajstić information content (AvgIpc) is 3.02. The van der Waals surface area contributed by atoms with Crippen molar-refractivity contribution < 1.29 is 0 Å². The zero-order valence-corrected chi connectivity index (χ0v) is 12.0. The molecule has 1 saturated heterocycles. The van der Waals surface area contributed by atoms with E-state index >= 15 is 0 Å². The van der Waals surface area contributed by atoms with E-state index in [1.165, 1.54) is 25.2 Å². The zero-order valence-electron chi connectivity index (χ0n) is 12.0. The van der Waals surface area contributed by atoms with Gasteiger partial charge in [0.2, 0.25) is 0 Å². The number of aromatic nitrogens is 3. The molecule has 1 fully saturated rings. The van der Waals surface area contributed by atoms with Crippen molar-refractivity contribution in [1.82, 2.24) is 19.4 Å². The highest BCUT2D eigenvalue weighted by Gasteiger charge is 2.31. The molecule has 4 nitrogen and oxygen atoms in total. The largest absolute Gasteiger partial charge is 0.312 e. The van der Waals surface area contributed by atoms with Crippen LogP contribution in [0.15, 0.2) is 18.3 Å². The molecule has 0 aliphatic carbocycles. The second-order valence-corrected chi connectivity index (χ2v) is 5.55. The van der Waals surface area contributed by atoms with Crippen LogP contribution >= 0.6 is 0 Å². The summed E-state index contributed by atoms with van der Waals surface area (Å²) >= 11 is 0. The summed E-state index contributed by atoms with van der Waals surface area (Å²) in [5, 5.41) is 0. The Labute approximate surface area is 114 Å². The molecule has 4 heteroatoms. The van der Waals surface area contributed by atoms with E-state index in [9.17, 15) is 0 Å². The number of hydrogen-bond acceptors (Lipinski definition) is 3. The molecule has 2 aromatic heterocycles. The molecular weight excluding hydrogens is 236 g/mol. The van der Waals surface area contributed by atoms with Gasteiger partial charge in [0.1, 0.15) is 11.3 Å². The summed E-state index contributed by atoms with van der Waals surface area (Å²) in [6.45, 7) is 8.84. The van der Waals surface area contributed by atoms with Gasteiger partial charge in [-0.2, -0.15) is 0 Å². The minimum Gasteiger partial charge on any atom is -0.312 e. The molecule has 102 valence electrons. The van der Waals surface area contributed by atoms with Gasteiger partial charge in [0.05, 0.1) is 6.04 Å². The van der Waals surface area contributed by atoms with Gasteiger partial charge in [0, 0.05) is 18.8 Å². The van der Waals surface area contributed by atoms with E-state index in [-0.39, 0.29) is 0 Å². The van der Waals surface area contributed by atoms with E-state index in [2.05, 4.69) is 41.3 Å². The number of nitrogens with zero attached hydrogens (tertiary/aromatic N) is 4. The molecule has 1 unspecified atom stereocenters. The number of aryl methyl sites for hydroxylation is 1. The molecule has 0 radical (unpaired) electrons. The number of fused-ring (bicyclic) bond motifs is 1. The summed E-state index contributed by atoms with van der Waals surface area (Å²) in [4.78, 5) is 11.9. The van der Waals surface area contributed by atoms with E-state index in [4.69, 9.17) is 4.98 Å². The maximum atomic E-state index is 4.86. The van der Waals surface area contributed by atoms with Crippen LogP contribution in [0.5, 0.6) is 0 Å². The number of likely N-dealkylation sites (tertiary alicyclic amines) is 1. The molecule has 0 bridgehead atoms. The van der Waals surface area contributed by atoms with Crippen LogP contribution in [0.25, 0.3) is 11.2 Å². The van der Waals surface area contributed by atoms with Crippen LogP contribution in [0.4, 0.5) is 0 Å². The lowest BCUT2D eigenvalue weighted by Gasteiger charge is -2.28. The van der Waals surface area contributed by atoms with Gasteiger partial charge < -0.3 is 4.57 Å². The summed E-state index contributed by atoms with van der Waals surface area (Å²) in [5.74, 6) is 1.20. The summed E-state index contributed by atoms with van der Waals surface area (Å²) in [6, 6.07) is 5.06. The minimum absolute atomic E-state index is 0.453. The maximum absolute atomic E-state index is 4.86. The first kappa shape index (κ1) is 12.6. The first-order chi connectivity index (χ1) is 9.22. The molecule has 0 spiro atoms. The third-order valence-electron chi connectivity index (χ3n) is 4.11. The molecule has 1 aliphatic rings. The van der Waals surface area contributed by atoms with E-state index in [0.717, 1.165) is 17.7 Å². The van der Waals surface area contributed by atoms with Crippen LogP contribution in [0.2, 0.25) is 0 Å². The Morgan fingerprint density at radius 1 is 1.42 bits per heavy atom. The van der Waals surface area contributed by atoms with Gasteiger partial charge in [0.25, 0.3) is 0 Å². The predicted octanol–water partition coefficient (Wildman–Crippen LogP) is 3.00. The van der Waals surface area contributed by atoms with Crippen LogP contribution in [-0.2, 0) is 6.54 Å². The average molecular weight is 258 g/mol. The number of pyridine rings is 1. The SMILES string of the molecule is CCn1c(C2CCCN2C(C)C)nc2cccnc21. The van der Waals surface area contributed by atoms with Crippen molar-refractivity contribution in [1.29, 1.82) is 0 Å². The third-order valence-corrected chi connectivity index (χ3v) is 4.11. The minimum atomic E-state index is 0.453. The second-order valence-electron chi connectivity index (χ2n) is 5.55. The Bertz CT molecular complexity index is 573. The summed E-state index contributed by atoms with van der Waals surface area (Å²) < 4.78 is 2.28. The summed E-state index contributed by atoms with van der Waals surface area (Å²) in [7, 11) is 0. The molecule has 0 aromatic carbocycles. The summed E-state index contributed by atoms with van der Waals surface area (Å²) in [5.41, 5.74) is 2.05. The molecule has 0 amide bonds. The Balaban J connectivity index is 2.09. The van der Waals surface area contributed by atoms with E-state index in [1.807, 2.05) is 12.3 Å². The Hall–Kier alpha value is -1.42. The topological polar surface area (TPSA) is 34.0 Å². The van der Waals surface area contributed by atoms with E-state index < -0.39 is 0 Å². The quantitative estimate of drug-likeness (QED) is 0.848. The second kappa shape index (κ2) is 4.93. The van der Waals surface area contributed by atoms with Gasteiger partial charge in [-0.25, -0.2) is 9.97 Å². The first-order valence-corrected chi connectivity index (χ1v) is 7.29. The lowest BCUT2D eigenvalue weighted by Crippen LogP contribution is -2.31. The van der Waals surface area contributed by atoms with Crippen LogP contribution < -0.4 is 0 Å². The van der Waals surface area contributed by atoms with Crippen molar-refractivity contribution in [3.63, 3.8) is 0 Å². The highest BCUT2D eigenvalue weighted by Crippen LogP contribution is 2.34. The number of hydrogen-bond donors (Lipinski definition) is 0. The highest BCUT2D eigenvalue weighted by molar-refractivity contribution is 5.71. The van der Waals surface area contributed by atoms with Gasteiger partial charge in [-0.1, -0.05) is 0 Å². The third kappa shape index (κ3) is 2.04. The fourth-order valence-corrected chi connectivity index (χ4v) is 3.23. The lowest BCUT2D eigenvalue weighted by molar-refractivity contribution is 0.195. The van der Waals surface area contributed by atoms with Gasteiger partial charge in [0.15, 0.2) is 5.65 Å². The monoisotopic (exact) mass is 258 g/mol. The molecule has 1 aliphatic heterocycles. The van der Waals surface area contributed by atoms with Gasteiger partial charge >= 0.3 is 0 Å². The van der Waals surface area contributed by atoms with Crippen molar-refractivity contribution in [3.05, 3.63) is 24.2 Å². The van der Waals surface area contributed by atoms with Crippen molar-refractivity contribution in [2.24, 2.45) is 0 Å². The highest BCUT2D eigenvalue weighted by atomic mass is 15.3. The van der Waals surface area contributed by atoms with Crippen LogP contribution in [0, 0.1) is 0 Å². The van der Waals surface area contributed by atoms with Gasteiger partial charge in [-0.05, 0) is 52.3 Å². The molecular formula is C15H22N4. The van der Waals surface area contributed by atoms with Crippen molar-refractivity contribution in [2.75, 3.05) is 6.54 Å². The Kier molecular flexibility index (Phi) is 3.27. The standard InChI is InChI=1S/C15H22N4/c1-4-18-14-12(7-5-9-16-14)17-15(18)13-8-6-10-19(13)11(2)3/h5,7,9,11,13H,4,6,8,10H2,1-3H3. The Morgan fingerprint density at radius 3 is 3.00 bits per heavy atom. The zero-order chi connectivity index (χ0) is 13.4. The molecule has 0 N–H and O–H groups in total. The molecule has 2 aromatic rings. The fourth-order valence-electron chi connectivity index (χ4n) is 3.23. The van der Waals surface area contributed by atoms with Gasteiger partial charge in [-0.15, -0.1) is 0 Å². The molecule has 3 rings (SSSR count). The molecule has 1 atom stereocenters. The normalized spacial score (nSPS) is 20.7. The van der Waals surface area contributed by atoms with Crippen molar-refractivity contribution in [3.8, 4) is 0 Å². The Morgan fingerprint density at radius 2 is 2.26 bits per heavy atom. The molecule has 3 heterocycles. The fraction of sp³-hybridized carbons (Fsp3) is 0.600. The van der Waals surface area contributed by atoms with Crippen LogP contribution in [0.3, 0.4) is 0 Å². The van der Waals surface area contributed by atoms with E-state index in [0.29, 0.717) is 12.1 Å². The van der Waals surface area contributed by atoms with Crippen molar-refractivity contribution >= 4 is 11.2 Å². The smallest absolute Gasteiger partial charge is 0.160 e. The van der Waals surface area contributed by atoms with Crippen LogP contribution in [0.1, 0.15) is 45.5 Å². The number of imidazole rings is 1. The lowest BCUT2D eigenvalue weighted by atomic mass is 10.2. The van der Waals surface area contributed by atoms with Crippen LogP contribution in [-0.4, -0.2) is 32.0 Å². The van der Waals surface area contributed by atoms with E-state index in [1.54, 1.807) is 0 Å². The summed E-state index contributed by atoms with van der Waals surface area (Å²) in [6.07, 6.45) is 4.33. The first-order valence-electron chi connectivity index (χ1n) is 7.29.